The molecular weight excluding hydrogens is 242 g/mol. The highest BCUT2D eigenvalue weighted by Gasteiger charge is 2.13. The van der Waals surface area contributed by atoms with Gasteiger partial charge in [-0.1, -0.05) is 6.07 Å². The molecular formula is C14H15N3O2. The molecule has 0 saturated heterocycles. The summed E-state index contributed by atoms with van der Waals surface area (Å²) < 4.78 is 1.39. The number of hydrogen-bond donors (Lipinski definition) is 0. The third-order valence-corrected chi connectivity index (χ3v) is 2.80. The van der Waals surface area contributed by atoms with Gasteiger partial charge in [-0.2, -0.15) is 0 Å². The van der Waals surface area contributed by atoms with E-state index in [1.807, 2.05) is 18.2 Å². The van der Waals surface area contributed by atoms with Gasteiger partial charge in [-0.05, 0) is 18.2 Å². The van der Waals surface area contributed by atoms with Gasteiger partial charge in [-0.3, -0.25) is 14.6 Å². The van der Waals surface area contributed by atoms with Crippen molar-refractivity contribution in [1.82, 2.24) is 14.5 Å². The Morgan fingerprint density at radius 1 is 1.32 bits per heavy atom. The zero-order valence-electron chi connectivity index (χ0n) is 10.9. The van der Waals surface area contributed by atoms with Crippen molar-refractivity contribution in [3.8, 4) is 0 Å². The number of carbonyl (C=O) groups excluding carboxylic acids is 1. The standard InChI is InChI=1S/C14H15N3O2/c1-16-9-11(6-7-13(16)18)14(19)17(2)10-12-5-3-4-8-15-12/h3-9H,10H2,1-2H3. The van der Waals surface area contributed by atoms with Crippen LogP contribution in [0.5, 0.6) is 0 Å². The maximum absolute atomic E-state index is 12.2. The molecule has 0 unspecified atom stereocenters. The van der Waals surface area contributed by atoms with Crippen molar-refractivity contribution in [2.75, 3.05) is 7.05 Å². The Kier molecular flexibility index (Phi) is 3.75. The molecule has 5 nitrogen and oxygen atoms in total. The summed E-state index contributed by atoms with van der Waals surface area (Å²) >= 11 is 0. The molecule has 19 heavy (non-hydrogen) atoms. The average molecular weight is 257 g/mol. The molecule has 0 radical (unpaired) electrons. The van der Waals surface area contributed by atoms with Gasteiger partial charge in [-0.15, -0.1) is 0 Å². The quantitative estimate of drug-likeness (QED) is 0.826. The van der Waals surface area contributed by atoms with E-state index in [1.54, 1.807) is 37.5 Å². The molecule has 0 aromatic carbocycles. The third-order valence-electron chi connectivity index (χ3n) is 2.80. The number of aromatic nitrogens is 2. The van der Waals surface area contributed by atoms with Crippen molar-refractivity contribution in [3.05, 3.63) is 64.3 Å². The number of hydrogen-bond acceptors (Lipinski definition) is 3. The van der Waals surface area contributed by atoms with Crippen LogP contribution < -0.4 is 5.56 Å². The molecule has 1 amide bonds. The minimum atomic E-state index is -0.138. The minimum Gasteiger partial charge on any atom is -0.336 e. The van der Waals surface area contributed by atoms with Crippen LogP contribution in [0.1, 0.15) is 16.1 Å². The number of nitrogens with zero attached hydrogens (tertiary/aromatic N) is 3. The monoisotopic (exact) mass is 257 g/mol. The summed E-state index contributed by atoms with van der Waals surface area (Å²) in [6.07, 6.45) is 3.24. The minimum absolute atomic E-state index is 0.135. The Hall–Kier alpha value is -2.43. The van der Waals surface area contributed by atoms with Gasteiger partial charge in [0, 0.05) is 32.6 Å². The predicted molar refractivity (Wildman–Crippen MR) is 71.7 cm³/mol. The maximum Gasteiger partial charge on any atom is 0.255 e. The SMILES string of the molecule is CN(Cc1ccccn1)C(=O)c1ccc(=O)n(C)c1. The molecule has 0 aliphatic carbocycles. The molecule has 0 fully saturated rings. The van der Waals surface area contributed by atoms with Crippen molar-refractivity contribution >= 4 is 5.91 Å². The second-order valence-electron chi connectivity index (χ2n) is 4.35. The molecule has 5 heteroatoms. The first-order valence-corrected chi connectivity index (χ1v) is 5.90. The van der Waals surface area contributed by atoms with Gasteiger partial charge in [0.15, 0.2) is 0 Å². The van der Waals surface area contributed by atoms with E-state index in [0.29, 0.717) is 12.1 Å². The average Bonchev–Trinajstić information content (AvgIpc) is 2.42. The van der Waals surface area contributed by atoms with Crippen LogP contribution in [-0.2, 0) is 13.6 Å². The van der Waals surface area contributed by atoms with Crippen LogP contribution in [0.15, 0.2) is 47.5 Å². The molecule has 0 bridgehead atoms. The topological polar surface area (TPSA) is 55.2 Å². The molecule has 2 aromatic rings. The molecule has 2 rings (SSSR count). The first kappa shape index (κ1) is 13.0. The Morgan fingerprint density at radius 2 is 2.11 bits per heavy atom. The summed E-state index contributed by atoms with van der Waals surface area (Å²) in [4.78, 5) is 29.2. The summed E-state index contributed by atoms with van der Waals surface area (Å²) in [5, 5.41) is 0. The highest BCUT2D eigenvalue weighted by Crippen LogP contribution is 2.05. The van der Waals surface area contributed by atoms with E-state index in [2.05, 4.69) is 4.98 Å². The van der Waals surface area contributed by atoms with Gasteiger partial charge < -0.3 is 9.47 Å². The Morgan fingerprint density at radius 3 is 2.74 bits per heavy atom. The van der Waals surface area contributed by atoms with Crippen LogP contribution in [0.3, 0.4) is 0 Å². The number of carbonyl (C=O) groups is 1. The molecule has 0 saturated carbocycles. The lowest BCUT2D eigenvalue weighted by atomic mass is 10.2. The summed E-state index contributed by atoms with van der Waals surface area (Å²) in [5.74, 6) is -0.138. The van der Waals surface area contributed by atoms with Crippen molar-refractivity contribution in [2.24, 2.45) is 7.05 Å². The van der Waals surface area contributed by atoms with Gasteiger partial charge in [0.25, 0.3) is 5.91 Å². The van der Waals surface area contributed by atoms with Crippen molar-refractivity contribution in [1.29, 1.82) is 0 Å². The van der Waals surface area contributed by atoms with Gasteiger partial charge in [-0.25, -0.2) is 0 Å². The first-order chi connectivity index (χ1) is 9.08. The number of amides is 1. The van der Waals surface area contributed by atoms with Gasteiger partial charge in [0.05, 0.1) is 17.8 Å². The molecule has 2 heterocycles. The Bertz CT molecular complexity index is 635. The van der Waals surface area contributed by atoms with E-state index in [9.17, 15) is 9.59 Å². The summed E-state index contributed by atoms with van der Waals surface area (Å²) in [5.41, 5.74) is 1.17. The molecule has 2 aromatic heterocycles. The molecule has 0 atom stereocenters. The fraction of sp³-hybridized carbons (Fsp3) is 0.214. The van der Waals surface area contributed by atoms with Crippen molar-refractivity contribution in [3.63, 3.8) is 0 Å². The van der Waals surface area contributed by atoms with Crippen LogP contribution in [0.4, 0.5) is 0 Å². The van der Waals surface area contributed by atoms with Crippen molar-refractivity contribution < 1.29 is 4.79 Å². The summed E-state index contributed by atoms with van der Waals surface area (Å²) in [6.45, 7) is 0.433. The van der Waals surface area contributed by atoms with Crippen LogP contribution >= 0.6 is 0 Å². The number of aryl methyl sites for hydroxylation is 1. The maximum atomic E-state index is 12.2. The fourth-order valence-corrected chi connectivity index (χ4v) is 1.75. The first-order valence-electron chi connectivity index (χ1n) is 5.90. The summed E-state index contributed by atoms with van der Waals surface area (Å²) in [7, 11) is 3.33. The molecule has 0 spiro atoms. The normalized spacial score (nSPS) is 10.2. The Balaban J connectivity index is 2.15. The second-order valence-corrected chi connectivity index (χ2v) is 4.35. The summed E-state index contributed by atoms with van der Waals surface area (Å²) in [6, 6.07) is 8.51. The predicted octanol–water partition coefficient (Wildman–Crippen LogP) is 1.05. The molecule has 0 aliphatic heterocycles. The van der Waals surface area contributed by atoms with Crippen LogP contribution in [0, 0.1) is 0 Å². The fourth-order valence-electron chi connectivity index (χ4n) is 1.75. The number of pyridine rings is 2. The lowest BCUT2D eigenvalue weighted by Crippen LogP contribution is -2.28. The van der Waals surface area contributed by atoms with Crippen LogP contribution in [0.25, 0.3) is 0 Å². The lowest BCUT2D eigenvalue weighted by Gasteiger charge is -2.16. The zero-order valence-corrected chi connectivity index (χ0v) is 10.9. The second kappa shape index (κ2) is 5.48. The van der Waals surface area contributed by atoms with E-state index < -0.39 is 0 Å². The van der Waals surface area contributed by atoms with E-state index in [4.69, 9.17) is 0 Å². The van der Waals surface area contributed by atoms with Crippen LogP contribution in [-0.4, -0.2) is 27.4 Å². The smallest absolute Gasteiger partial charge is 0.255 e. The van der Waals surface area contributed by atoms with Crippen LogP contribution in [0.2, 0.25) is 0 Å². The molecule has 0 aliphatic rings. The largest absolute Gasteiger partial charge is 0.336 e. The Labute approximate surface area is 111 Å². The van der Waals surface area contributed by atoms with Crippen molar-refractivity contribution in [2.45, 2.75) is 6.54 Å². The zero-order chi connectivity index (χ0) is 13.8. The van der Waals surface area contributed by atoms with E-state index in [0.717, 1.165) is 5.69 Å². The molecule has 98 valence electrons. The lowest BCUT2D eigenvalue weighted by molar-refractivity contribution is 0.0782. The van der Waals surface area contributed by atoms with Gasteiger partial charge in [0.2, 0.25) is 5.56 Å². The van der Waals surface area contributed by atoms with Gasteiger partial charge in [0.1, 0.15) is 0 Å². The molecule has 0 N–H and O–H groups in total. The van der Waals surface area contributed by atoms with E-state index in [1.165, 1.54) is 10.6 Å². The highest BCUT2D eigenvalue weighted by molar-refractivity contribution is 5.93. The van der Waals surface area contributed by atoms with Gasteiger partial charge >= 0.3 is 0 Å². The van der Waals surface area contributed by atoms with E-state index in [-0.39, 0.29) is 11.5 Å². The van der Waals surface area contributed by atoms with E-state index >= 15 is 0 Å². The number of rotatable bonds is 3. The highest BCUT2D eigenvalue weighted by atomic mass is 16.2. The third kappa shape index (κ3) is 3.07.